The van der Waals surface area contributed by atoms with E-state index in [4.69, 9.17) is 0 Å². The molecule has 0 aromatic carbocycles. The van der Waals surface area contributed by atoms with E-state index in [0.717, 1.165) is 6.42 Å². The molecular formula is C20H28F2N6O3S. The molecule has 0 radical (unpaired) electrons. The number of hydrogen-bond donors (Lipinski definition) is 3. The van der Waals surface area contributed by atoms with Crippen LogP contribution in [0.2, 0.25) is 0 Å². The van der Waals surface area contributed by atoms with E-state index in [-0.39, 0.29) is 23.6 Å². The van der Waals surface area contributed by atoms with Crippen LogP contribution in [0.15, 0.2) is 12.3 Å². The average Bonchev–Trinajstić information content (AvgIpc) is 3.05. The van der Waals surface area contributed by atoms with Crippen molar-refractivity contribution in [3.63, 3.8) is 0 Å². The maximum absolute atomic E-state index is 13.4. The highest BCUT2D eigenvalue weighted by atomic mass is 32.2. The Morgan fingerprint density at radius 1 is 1.22 bits per heavy atom. The zero-order valence-corrected chi connectivity index (χ0v) is 18.9. The summed E-state index contributed by atoms with van der Waals surface area (Å²) < 4.78 is 51.6. The Labute approximate surface area is 185 Å². The summed E-state index contributed by atoms with van der Waals surface area (Å²) in [4.78, 5) is 12.9. The number of nitrogens with zero attached hydrogens (tertiary/aromatic N) is 4. The molecule has 2 aromatic heterocycles. The van der Waals surface area contributed by atoms with Crippen LogP contribution in [0.1, 0.15) is 51.1 Å². The van der Waals surface area contributed by atoms with Crippen LogP contribution in [0, 0.1) is 0 Å². The van der Waals surface area contributed by atoms with E-state index < -0.39 is 22.0 Å². The van der Waals surface area contributed by atoms with Gasteiger partial charge in [0.25, 0.3) is 6.43 Å². The largest absolute Gasteiger partial charge is 0.388 e. The van der Waals surface area contributed by atoms with E-state index in [1.165, 1.54) is 22.8 Å². The molecule has 176 valence electrons. The second-order valence-electron chi connectivity index (χ2n) is 8.85. The number of anilines is 2. The predicted molar refractivity (Wildman–Crippen MR) is 117 cm³/mol. The third-order valence-corrected chi connectivity index (χ3v) is 7.61. The number of aromatic nitrogens is 3. The maximum Gasteiger partial charge on any atom is 0.280 e. The zero-order chi connectivity index (χ0) is 23.1. The summed E-state index contributed by atoms with van der Waals surface area (Å²) in [5, 5.41) is 17.4. The van der Waals surface area contributed by atoms with Gasteiger partial charge in [0, 0.05) is 30.7 Å². The first-order valence-corrected chi connectivity index (χ1v) is 12.5. The van der Waals surface area contributed by atoms with Crippen molar-refractivity contribution in [1.82, 2.24) is 19.3 Å². The molecular weight excluding hydrogens is 442 g/mol. The van der Waals surface area contributed by atoms with Crippen molar-refractivity contribution in [1.29, 1.82) is 0 Å². The molecule has 0 amide bonds. The second-order valence-corrected chi connectivity index (χ2v) is 10.8. The molecule has 4 rings (SSSR count). The van der Waals surface area contributed by atoms with Gasteiger partial charge in [-0.2, -0.15) is 0 Å². The Balaban J connectivity index is 1.59. The molecule has 3 heterocycles. The standard InChI is InChI=1S/C20H28F2N6O3S/c1-20(29)7-3-4-15(20)26-18-16-12(10-14(25-18)17(21)22)11-23-19(27-16)24-13-5-8-28(9-6-13)32(2,30)31/h10-11,13,15,17,29H,3-9H2,1-2H3,(H,25,26)(H,23,24,27). The number of nitrogens with one attached hydrogen (secondary N) is 2. The first-order chi connectivity index (χ1) is 15.0. The minimum atomic E-state index is -3.21. The monoisotopic (exact) mass is 470 g/mol. The topological polar surface area (TPSA) is 120 Å². The lowest BCUT2D eigenvalue weighted by atomic mass is 10.0. The van der Waals surface area contributed by atoms with Crippen LogP contribution >= 0.6 is 0 Å². The first kappa shape index (κ1) is 23.0. The lowest BCUT2D eigenvalue weighted by Crippen LogP contribution is -2.42. The maximum atomic E-state index is 13.4. The summed E-state index contributed by atoms with van der Waals surface area (Å²) in [7, 11) is -3.21. The lowest BCUT2D eigenvalue weighted by Gasteiger charge is -2.30. The van der Waals surface area contributed by atoms with Gasteiger partial charge >= 0.3 is 0 Å². The van der Waals surface area contributed by atoms with Crippen LogP contribution in [0.5, 0.6) is 0 Å². The number of piperidine rings is 1. The summed E-state index contributed by atoms with van der Waals surface area (Å²) in [5.41, 5.74) is -0.949. The van der Waals surface area contributed by atoms with Gasteiger partial charge in [0.15, 0.2) is 5.82 Å². The van der Waals surface area contributed by atoms with Crippen molar-refractivity contribution in [2.45, 2.75) is 63.1 Å². The van der Waals surface area contributed by atoms with E-state index in [0.29, 0.717) is 55.6 Å². The summed E-state index contributed by atoms with van der Waals surface area (Å²) in [6.45, 7) is 2.54. The van der Waals surface area contributed by atoms with Gasteiger partial charge in [-0.05, 0) is 45.1 Å². The van der Waals surface area contributed by atoms with Gasteiger partial charge in [-0.25, -0.2) is 36.5 Å². The fourth-order valence-corrected chi connectivity index (χ4v) is 5.27. The molecule has 1 saturated carbocycles. The Kier molecular flexibility index (Phi) is 6.21. The highest BCUT2D eigenvalue weighted by Crippen LogP contribution is 2.34. The Hall–Kier alpha value is -2.18. The molecule has 2 fully saturated rings. The molecule has 2 atom stereocenters. The van der Waals surface area contributed by atoms with E-state index in [1.54, 1.807) is 6.92 Å². The number of sulfonamides is 1. The van der Waals surface area contributed by atoms with Crippen LogP contribution in [0.4, 0.5) is 20.5 Å². The van der Waals surface area contributed by atoms with Gasteiger partial charge in [-0.1, -0.05) is 0 Å². The number of alkyl halides is 2. The molecule has 2 unspecified atom stereocenters. The van der Waals surface area contributed by atoms with Gasteiger partial charge in [-0.15, -0.1) is 0 Å². The molecule has 3 N–H and O–H groups in total. The number of fused-ring (bicyclic) bond motifs is 1. The van der Waals surface area contributed by atoms with Crippen molar-refractivity contribution in [3.8, 4) is 0 Å². The molecule has 1 saturated heterocycles. The van der Waals surface area contributed by atoms with Crippen LogP contribution < -0.4 is 10.6 Å². The van der Waals surface area contributed by atoms with Crippen molar-refractivity contribution in [3.05, 3.63) is 18.0 Å². The van der Waals surface area contributed by atoms with Crippen LogP contribution in [0.3, 0.4) is 0 Å². The van der Waals surface area contributed by atoms with Gasteiger partial charge in [0.05, 0.1) is 17.9 Å². The number of rotatable bonds is 6. The number of hydrogen-bond acceptors (Lipinski definition) is 8. The highest BCUT2D eigenvalue weighted by Gasteiger charge is 2.37. The number of aliphatic hydroxyl groups is 1. The minimum absolute atomic E-state index is 0.00859. The van der Waals surface area contributed by atoms with Crippen LogP contribution in [-0.2, 0) is 10.0 Å². The highest BCUT2D eigenvalue weighted by molar-refractivity contribution is 7.88. The Morgan fingerprint density at radius 2 is 1.94 bits per heavy atom. The summed E-state index contributed by atoms with van der Waals surface area (Å²) in [6, 6.07) is 0.940. The van der Waals surface area contributed by atoms with E-state index >= 15 is 0 Å². The normalized spacial score (nSPS) is 25.5. The second kappa shape index (κ2) is 8.64. The van der Waals surface area contributed by atoms with Gasteiger partial charge in [0.2, 0.25) is 16.0 Å². The zero-order valence-electron chi connectivity index (χ0n) is 18.1. The SMILES string of the molecule is CC1(O)CCCC1Nc1nc(C(F)F)cc2cnc(NC3CCN(S(C)(=O)=O)CC3)nc12. The van der Waals surface area contributed by atoms with E-state index in [9.17, 15) is 22.3 Å². The smallest absolute Gasteiger partial charge is 0.280 e. The quantitative estimate of drug-likeness (QED) is 0.589. The molecule has 1 aliphatic carbocycles. The van der Waals surface area contributed by atoms with Crippen molar-refractivity contribution in [2.75, 3.05) is 30.0 Å². The number of halogens is 2. The fraction of sp³-hybridized carbons (Fsp3) is 0.650. The van der Waals surface area contributed by atoms with E-state index in [1.807, 2.05) is 0 Å². The lowest BCUT2D eigenvalue weighted by molar-refractivity contribution is 0.0577. The molecule has 2 aromatic rings. The third-order valence-electron chi connectivity index (χ3n) is 6.30. The fourth-order valence-electron chi connectivity index (χ4n) is 4.40. The third kappa shape index (κ3) is 4.91. The average molecular weight is 471 g/mol. The minimum Gasteiger partial charge on any atom is -0.388 e. The van der Waals surface area contributed by atoms with Crippen molar-refractivity contribution >= 4 is 32.7 Å². The first-order valence-electron chi connectivity index (χ1n) is 10.7. The van der Waals surface area contributed by atoms with Crippen molar-refractivity contribution in [2.24, 2.45) is 0 Å². The number of pyridine rings is 1. The Bertz CT molecular complexity index is 1090. The summed E-state index contributed by atoms with van der Waals surface area (Å²) in [6.07, 6.45) is 3.27. The van der Waals surface area contributed by atoms with Gasteiger partial charge in [-0.3, -0.25) is 0 Å². The van der Waals surface area contributed by atoms with Crippen LogP contribution in [-0.4, -0.2) is 69.8 Å². The summed E-state index contributed by atoms with van der Waals surface area (Å²) in [5.74, 6) is 0.519. The molecule has 12 heteroatoms. The Morgan fingerprint density at radius 3 is 2.53 bits per heavy atom. The summed E-state index contributed by atoms with van der Waals surface area (Å²) >= 11 is 0. The van der Waals surface area contributed by atoms with Crippen LogP contribution in [0.25, 0.3) is 10.9 Å². The molecule has 9 nitrogen and oxygen atoms in total. The molecule has 1 aliphatic heterocycles. The van der Waals surface area contributed by atoms with Gasteiger partial charge in [0.1, 0.15) is 11.2 Å². The molecule has 0 bridgehead atoms. The predicted octanol–water partition coefficient (Wildman–Crippen LogP) is 2.51. The van der Waals surface area contributed by atoms with E-state index in [2.05, 4.69) is 25.6 Å². The molecule has 0 spiro atoms. The van der Waals surface area contributed by atoms with Crippen molar-refractivity contribution < 1.29 is 22.3 Å². The molecule has 32 heavy (non-hydrogen) atoms. The van der Waals surface area contributed by atoms with Gasteiger partial charge < -0.3 is 15.7 Å². The molecule has 2 aliphatic rings.